The number of hydroxylamine groups is 1. The summed E-state index contributed by atoms with van der Waals surface area (Å²) in [5, 5.41) is 15.4. The van der Waals surface area contributed by atoms with Crippen molar-refractivity contribution >= 4 is 0 Å². The molecule has 9 heavy (non-hydrogen) atoms. The van der Waals surface area contributed by atoms with Crippen LogP contribution in [0, 0.1) is 0 Å². The average molecular weight is 125 g/mol. The molecule has 0 saturated heterocycles. The molecule has 0 fully saturated rings. The highest BCUT2D eigenvalue weighted by molar-refractivity contribution is 5.03. The summed E-state index contributed by atoms with van der Waals surface area (Å²) in [6.45, 7) is 0.412. The molecule has 1 heterocycles. The molecule has 0 radical (unpaired) electrons. The molecule has 0 bridgehead atoms. The lowest BCUT2D eigenvalue weighted by Gasteiger charge is -1.93. The predicted molar refractivity (Wildman–Crippen MR) is 30.7 cm³/mol. The normalized spacial score (nSPS) is 9.44. The van der Waals surface area contributed by atoms with E-state index in [1.54, 1.807) is 18.5 Å². The Balaban J connectivity index is 2.61. The van der Waals surface area contributed by atoms with Crippen LogP contribution in [-0.4, -0.2) is 15.4 Å². The van der Waals surface area contributed by atoms with Gasteiger partial charge in [-0.3, -0.25) is 0 Å². The van der Waals surface area contributed by atoms with E-state index in [4.69, 9.17) is 5.21 Å². The third kappa shape index (κ3) is 1.75. The molecule has 0 spiro atoms. The molecule has 0 saturated carbocycles. The second kappa shape index (κ2) is 3.11. The van der Waals surface area contributed by atoms with Gasteiger partial charge in [0.15, 0.2) is 0 Å². The molecule has 2 N–H and O–H groups in total. The Labute approximate surface area is 52.5 Å². The van der Waals surface area contributed by atoms with Crippen LogP contribution in [0.4, 0.5) is 0 Å². The lowest BCUT2D eigenvalue weighted by molar-refractivity contribution is 0.161. The maximum absolute atomic E-state index is 8.22. The molecule has 4 nitrogen and oxygen atoms in total. The Morgan fingerprint density at radius 3 is 3.00 bits per heavy atom. The van der Waals surface area contributed by atoms with Gasteiger partial charge in [0.1, 0.15) is 0 Å². The molecule has 0 aromatic carbocycles. The number of rotatable bonds is 2. The van der Waals surface area contributed by atoms with Crippen molar-refractivity contribution in [1.82, 2.24) is 15.7 Å². The lowest BCUT2D eigenvalue weighted by atomic mass is 10.3. The topological polar surface area (TPSA) is 58.0 Å². The van der Waals surface area contributed by atoms with Crippen molar-refractivity contribution < 1.29 is 5.21 Å². The number of nitrogens with one attached hydrogen (secondary N) is 1. The zero-order chi connectivity index (χ0) is 6.53. The molecule has 0 unspecified atom stereocenters. The summed E-state index contributed by atoms with van der Waals surface area (Å²) < 4.78 is 0. The smallest absolute Gasteiger partial charge is 0.0542 e. The van der Waals surface area contributed by atoms with Crippen molar-refractivity contribution in [3.63, 3.8) is 0 Å². The minimum atomic E-state index is 0.412. The fourth-order valence-electron chi connectivity index (χ4n) is 0.514. The van der Waals surface area contributed by atoms with Gasteiger partial charge in [0, 0.05) is 12.7 Å². The standard InChI is InChI=1S/C5H7N3O/c9-8-4-5-1-2-6-7-3-5/h1-3,8-9H,4H2. The summed E-state index contributed by atoms with van der Waals surface area (Å²) in [4.78, 5) is 0. The van der Waals surface area contributed by atoms with Crippen LogP contribution in [0.1, 0.15) is 5.56 Å². The lowest BCUT2D eigenvalue weighted by Crippen LogP contribution is -2.06. The second-order valence-electron chi connectivity index (χ2n) is 1.59. The molecule has 0 atom stereocenters. The van der Waals surface area contributed by atoms with Crippen molar-refractivity contribution in [3.8, 4) is 0 Å². The molecule has 0 aliphatic rings. The van der Waals surface area contributed by atoms with E-state index in [1.807, 2.05) is 5.48 Å². The minimum absolute atomic E-state index is 0.412. The first-order valence-corrected chi connectivity index (χ1v) is 2.56. The highest BCUT2D eigenvalue weighted by Crippen LogP contribution is 1.90. The van der Waals surface area contributed by atoms with E-state index in [9.17, 15) is 0 Å². The molecule has 0 aliphatic heterocycles. The van der Waals surface area contributed by atoms with E-state index < -0.39 is 0 Å². The Morgan fingerprint density at radius 2 is 2.44 bits per heavy atom. The molecule has 0 aliphatic carbocycles. The SMILES string of the molecule is ONCc1ccnnc1. The van der Waals surface area contributed by atoms with Gasteiger partial charge in [0.2, 0.25) is 0 Å². The first-order valence-electron chi connectivity index (χ1n) is 2.56. The fraction of sp³-hybridized carbons (Fsp3) is 0.200. The van der Waals surface area contributed by atoms with Crippen molar-refractivity contribution in [2.45, 2.75) is 6.54 Å². The van der Waals surface area contributed by atoms with Crippen LogP contribution in [-0.2, 0) is 6.54 Å². The first-order chi connectivity index (χ1) is 4.43. The Kier molecular flexibility index (Phi) is 2.12. The summed E-state index contributed by atoms with van der Waals surface area (Å²) in [6.07, 6.45) is 3.16. The molecule has 1 aromatic rings. The Morgan fingerprint density at radius 1 is 1.56 bits per heavy atom. The Bertz CT molecular complexity index is 165. The monoisotopic (exact) mass is 125 g/mol. The average Bonchev–Trinajstić information content (AvgIpc) is 1.91. The van der Waals surface area contributed by atoms with Gasteiger partial charge in [0.25, 0.3) is 0 Å². The predicted octanol–water partition coefficient (Wildman–Crippen LogP) is -0.0446. The third-order valence-corrected chi connectivity index (χ3v) is 0.929. The number of hydrogen-bond donors (Lipinski definition) is 2. The summed E-state index contributed by atoms with van der Waals surface area (Å²) in [7, 11) is 0. The summed E-state index contributed by atoms with van der Waals surface area (Å²) in [5.74, 6) is 0. The van der Waals surface area contributed by atoms with Gasteiger partial charge in [0.05, 0.1) is 6.20 Å². The van der Waals surface area contributed by atoms with Crippen molar-refractivity contribution in [1.29, 1.82) is 0 Å². The van der Waals surface area contributed by atoms with E-state index in [-0.39, 0.29) is 0 Å². The summed E-state index contributed by atoms with van der Waals surface area (Å²) >= 11 is 0. The quantitative estimate of drug-likeness (QED) is 0.544. The van der Waals surface area contributed by atoms with Crippen LogP contribution >= 0.6 is 0 Å². The number of nitrogens with zero attached hydrogens (tertiary/aromatic N) is 2. The van der Waals surface area contributed by atoms with Gasteiger partial charge in [-0.15, -0.1) is 0 Å². The minimum Gasteiger partial charge on any atom is -0.316 e. The first kappa shape index (κ1) is 6.12. The van der Waals surface area contributed by atoms with Crippen LogP contribution in [0.3, 0.4) is 0 Å². The van der Waals surface area contributed by atoms with E-state index in [2.05, 4.69) is 10.2 Å². The van der Waals surface area contributed by atoms with Crippen LogP contribution in [0.15, 0.2) is 18.5 Å². The van der Waals surface area contributed by atoms with Gasteiger partial charge in [-0.2, -0.15) is 10.2 Å². The molecular formula is C5H7N3O. The van der Waals surface area contributed by atoms with Gasteiger partial charge in [-0.1, -0.05) is 0 Å². The molecular weight excluding hydrogens is 118 g/mol. The number of hydrogen-bond acceptors (Lipinski definition) is 4. The molecule has 1 rings (SSSR count). The van der Waals surface area contributed by atoms with Gasteiger partial charge < -0.3 is 5.21 Å². The van der Waals surface area contributed by atoms with Gasteiger partial charge in [-0.25, -0.2) is 5.48 Å². The molecule has 48 valence electrons. The van der Waals surface area contributed by atoms with E-state index in [1.165, 1.54) is 0 Å². The molecule has 4 heteroatoms. The van der Waals surface area contributed by atoms with Crippen LogP contribution in [0.2, 0.25) is 0 Å². The zero-order valence-electron chi connectivity index (χ0n) is 4.78. The highest BCUT2D eigenvalue weighted by atomic mass is 16.5. The Hall–Kier alpha value is -1.00. The van der Waals surface area contributed by atoms with Crippen LogP contribution < -0.4 is 5.48 Å². The van der Waals surface area contributed by atoms with E-state index in [0.29, 0.717) is 6.54 Å². The molecule has 1 aromatic heterocycles. The van der Waals surface area contributed by atoms with E-state index >= 15 is 0 Å². The van der Waals surface area contributed by atoms with E-state index in [0.717, 1.165) is 5.56 Å². The maximum atomic E-state index is 8.22. The van der Waals surface area contributed by atoms with Crippen molar-refractivity contribution in [2.75, 3.05) is 0 Å². The highest BCUT2D eigenvalue weighted by Gasteiger charge is 1.86. The second-order valence-corrected chi connectivity index (χ2v) is 1.59. The van der Waals surface area contributed by atoms with Crippen LogP contribution in [0.5, 0.6) is 0 Å². The summed E-state index contributed by atoms with van der Waals surface area (Å²) in [6, 6.07) is 1.77. The zero-order valence-corrected chi connectivity index (χ0v) is 4.78. The van der Waals surface area contributed by atoms with Crippen molar-refractivity contribution in [2.24, 2.45) is 0 Å². The number of aromatic nitrogens is 2. The summed E-state index contributed by atoms with van der Waals surface area (Å²) in [5.41, 5.74) is 2.93. The molecule has 0 amide bonds. The maximum Gasteiger partial charge on any atom is 0.0542 e. The fourth-order valence-corrected chi connectivity index (χ4v) is 0.514. The third-order valence-electron chi connectivity index (χ3n) is 0.929. The van der Waals surface area contributed by atoms with Crippen LogP contribution in [0.25, 0.3) is 0 Å². The van der Waals surface area contributed by atoms with Gasteiger partial charge >= 0.3 is 0 Å². The van der Waals surface area contributed by atoms with Gasteiger partial charge in [-0.05, 0) is 11.6 Å². The van der Waals surface area contributed by atoms with Crippen molar-refractivity contribution in [3.05, 3.63) is 24.0 Å². The largest absolute Gasteiger partial charge is 0.316 e.